The summed E-state index contributed by atoms with van der Waals surface area (Å²) in [5.41, 5.74) is 0.302. The minimum Gasteiger partial charge on any atom is -0.313 e. The second-order valence-corrected chi connectivity index (χ2v) is 4.98. The van der Waals surface area contributed by atoms with E-state index in [1.165, 1.54) is 32.4 Å². The molecule has 0 aliphatic carbocycles. The van der Waals surface area contributed by atoms with Gasteiger partial charge in [0.2, 0.25) is 0 Å². The van der Waals surface area contributed by atoms with Crippen LogP contribution in [0.1, 0.15) is 47.0 Å². The summed E-state index contributed by atoms with van der Waals surface area (Å²) in [5, 5.41) is 3.54. The predicted molar refractivity (Wildman–Crippen MR) is 62.6 cm³/mol. The van der Waals surface area contributed by atoms with E-state index in [1.807, 2.05) is 0 Å². The number of rotatable bonds is 4. The van der Waals surface area contributed by atoms with E-state index in [0.29, 0.717) is 11.6 Å². The second-order valence-electron chi connectivity index (χ2n) is 4.98. The highest BCUT2D eigenvalue weighted by molar-refractivity contribution is 4.91. The minimum absolute atomic E-state index is 0.302. The van der Waals surface area contributed by atoms with E-state index in [4.69, 9.17) is 0 Å². The molecule has 2 nitrogen and oxygen atoms in total. The molecule has 84 valence electrons. The molecule has 1 aliphatic heterocycles. The average Bonchev–Trinajstić information content (AvgIpc) is 2.19. The molecule has 1 fully saturated rings. The van der Waals surface area contributed by atoms with Crippen LogP contribution in [-0.4, -0.2) is 36.1 Å². The van der Waals surface area contributed by atoms with Crippen molar-refractivity contribution in [3.8, 4) is 0 Å². The van der Waals surface area contributed by atoms with Crippen molar-refractivity contribution in [2.24, 2.45) is 0 Å². The quantitative estimate of drug-likeness (QED) is 0.745. The molecule has 0 radical (unpaired) electrons. The van der Waals surface area contributed by atoms with Crippen LogP contribution in [0.15, 0.2) is 0 Å². The smallest absolute Gasteiger partial charge is 0.0303 e. The van der Waals surface area contributed by atoms with Crippen LogP contribution in [0.4, 0.5) is 0 Å². The minimum atomic E-state index is 0.302. The summed E-state index contributed by atoms with van der Waals surface area (Å²) in [6.45, 7) is 12.8. The van der Waals surface area contributed by atoms with Crippen LogP contribution in [0.25, 0.3) is 0 Å². The molecule has 1 rings (SSSR count). The van der Waals surface area contributed by atoms with Gasteiger partial charge in [-0.15, -0.1) is 0 Å². The van der Waals surface area contributed by atoms with E-state index in [0.717, 1.165) is 6.54 Å². The number of nitrogens with one attached hydrogen (secondary N) is 1. The van der Waals surface area contributed by atoms with E-state index >= 15 is 0 Å². The fraction of sp³-hybridized carbons (Fsp3) is 1.00. The van der Waals surface area contributed by atoms with Gasteiger partial charge in [-0.1, -0.05) is 13.3 Å². The maximum absolute atomic E-state index is 3.54. The molecule has 0 aromatic heterocycles. The number of likely N-dealkylation sites (N-methyl/N-ethyl adjacent to an activating group) is 1. The highest BCUT2D eigenvalue weighted by Gasteiger charge is 2.32. The molecule has 1 aliphatic rings. The summed E-state index contributed by atoms with van der Waals surface area (Å²) in [5.74, 6) is 0. The van der Waals surface area contributed by atoms with Gasteiger partial charge < -0.3 is 5.32 Å². The Hall–Kier alpha value is -0.0800. The van der Waals surface area contributed by atoms with E-state index in [1.54, 1.807) is 0 Å². The van der Waals surface area contributed by atoms with Gasteiger partial charge in [0, 0.05) is 11.6 Å². The van der Waals surface area contributed by atoms with Crippen molar-refractivity contribution >= 4 is 0 Å². The molecule has 0 amide bonds. The third kappa shape index (κ3) is 2.71. The maximum Gasteiger partial charge on any atom is 0.0303 e. The van der Waals surface area contributed by atoms with E-state index in [-0.39, 0.29) is 0 Å². The van der Waals surface area contributed by atoms with Gasteiger partial charge in [0.15, 0.2) is 0 Å². The van der Waals surface area contributed by atoms with Crippen LogP contribution in [-0.2, 0) is 0 Å². The number of nitrogens with zero attached hydrogens (tertiary/aromatic N) is 1. The zero-order chi connectivity index (χ0) is 10.6. The van der Waals surface area contributed by atoms with Gasteiger partial charge in [-0.3, -0.25) is 4.90 Å². The summed E-state index contributed by atoms with van der Waals surface area (Å²) in [6.07, 6.45) is 4.17. The lowest BCUT2D eigenvalue weighted by molar-refractivity contribution is 0.0672. The van der Waals surface area contributed by atoms with Crippen molar-refractivity contribution in [2.45, 2.75) is 58.5 Å². The fourth-order valence-corrected chi connectivity index (χ4v) is 2.30. The number of hydrogen-bond acceptors (Lipinski definition) is 2. The molecule has 1 saturated heterocycles. The SMILES string of the molecule is CCNC(C)C(C)(C)N1CCCCC1. The van der Waals surface area contributed by atoms with E-state index in [2.05, 4.69) is 37.9 Å². The van der Waals surface area contributed by atoms with Crippen LogP contribution < -0.4 is 5.32 Å². The first kappa shape index (κ1) is 12.0. The molecule has 0 spiro atoms. The lowest BCUT2D eigenvalue weighted by Crippen LogP contribution is -2.57. The Morgan fingerprint density at radius 3 is 2.29 bits per heavy atom. The Bertz CT molecular complexity index is 160. The third-order valence-electron chi connectivity index (χ3n) is 3.74. The monoisotopic (exact) mass is 198 g/mol. The van der Waals surface area contributed by atoms with Crippen molar-refractivity contribution in [2.75, 3.05) is 19.6 Å². The standard InChI is InChI=1S/C12H26N2/c1-5-13-11(2)12(3,4)14-9-7-6-8-10-14/h11,13H,5-10H2,1-4H3. The molecular weight excluding hydrogens is 172 g/mol. The van der Waals surface area contributed by atoms with Crippen LogP contribution in [0.3, 0.4) is 0 Å². The number of hydrogen-bond donors (Lipinski definition) is 1. The average molecular weight is 198 g/mol. The molecule has 1 N–H and O–H groups in total. The largest absolute Gasteiger partial charge is 0.313 e. The third-order valence-corrected chi connectivity index (χ3v) is 3.74. The summed E-state index contributed by atoms with van der Waals surface area (Å²) >= 11 is 0. The van der Waals surface area contributed by atoms with Gasteiger partial charge in [0.1, 0.15) is 0 Å². The molecule has 0 bridgehead atoms. The van der Waals surface area contributed by atoms with Crippen molar-refractivity contribution in [3.05, 3.63) is 0 Å². The Kier molecular flexibility index (Phi) is 4.39. The Morgan fingerprint density at radius 2 is 1.79 bits per heavy atom. The summed E-state index contributed by atoms with van der Waals surface area (Å²) in [6, 6.07) is 0.575. The molecule has 2 heteroatoms. The number of likely N-dealkylation sites (tertiary alicyclic amines) is 1. The van der Waals surface area contributed by atoms with Gasteiger partial charge in [-0.05, 0) is 53.2 Å². The van der Waals surface area contributed by atoms with Gasteiger partial charge in [-0.2, -0.15) is 0 Å². The van der Waals surface area contributed by atoms with Crippen molar-refractivity contribution < 1.29 is 0 Å². The normalized spacial score (nSPS) is 22.3. The van der Waals surface area contributed by atoms with E-state index < -0.39 is 0 Å². The summed E-state index contributed by atoms with van der Waals surface area (Å²) < 4.78 is 0. The van der Waals surface area contributed by atoms with E-state index in [9.17, 15) is 0 Å². The first-order chi connectivity index (χ1) is 6.59. The molecule has 1 unspecified atom stereocenters. The Balaban J connectivity index is 2.52. The zero-order valence-electron chi connectivity index (χ0n) is 10.3. The van der Waals surface area contributed by atoms with Gasteiger partial charge in [0.25, 0.3) is 0 Å². The van der Waals surface area contributed by atoms with Crippen LogP contribution in [0.5, 0.6) is 0 Å². The Morgan fingerprint density at radius 1 is 1.21 bits per heavy atom. The second kappa shape index (κ2) is 5.13. The first-order valence-electron chi connectivity index (χ1n) is 6.07. The van der Waals surface area contributed by atoms with Crippen molar-refractivity contribution in [1.82, 2.24) is 10.2 Å². The van der Waals surface area contributed by atoms with Gasteiger partial charge >= 0.3 is 0 Å². The molecule has 1 atom stereocenters. The highest BCUT2D eigenvalue weighted by Crippen LogP contribution is 2.23. The predicted octanol–water partition coefficient (Wildman–Crippen LogP) is 2.25. The number of piperidine rings is 1. The van der Waals surface area contributed by atoms with Crippen molar-refractivity contribution in [1.29, 1.82) is 0 Å². The molecule has 1 heterocycles. The lowest BCUT2D eigenvalue weighted by atomic mass is 9.91. The van der Waals surface area contributed by atoms with Gasteiger partial charge in [-0.25, -0.2) is 0 Å². The highest BCUT2D eigenvalue weighted by atomic mass is 15.2. The molecule has 0 aromatic carbocycles. The zero-order valence-corrected chi connectivity index (χ0v) is 10.3. The van der Waals surface area contributed by atoms with Crippen LogP contribution >= 0.6 is 0 Å². The maximum atomic E-state index is 3.54. The van der Waals surface area contributed by atoms with Crippen LogP contribution in [0, 0.1) is 0 Å². The molecular formula is C12H26N2. The molecule has 0 saturated carbocycles. The fourth-order valence-electron chi connectivity index (χ4n) is 2.30. The van der Waals surface area contributed by atoms with Gasteiger partial charge in [0.05, 0.1) is 0 Å². The Labute approximate surface area is 89.1 Å². The van der Waals surface area contributed by atoms with Crippen molar-refractivity contribution in [3.63, 3.8) is 0 Å². The lowest BCUT2D eigenvalue weighted by Gasteiger charge is -2.45. The molecule has 0 aromatic rings. The first-order valence-corrected chi connectivity index (χ1v) is 6.07. The molecule has 14 heavy (non-hydrogen) atoms. The topological polar surface area (TPSA) is 15.3 Å². The summed E-state index contributed by atoms with van der Waals surface area (Å²) in [7, 11) is 0. The van der Waals surface area contributed by atoms with Crippen LogP contribution in [0.2, 0.25) is 0 Å². The summed E-state index contributed by atoms with van der Waals surface area (Å²) in [4.78, 5) is 2.64.